The standard InChI is InChI=1S/C12H11BrN2O4/c1-2-19-12(16)5-8-3-9(7-14)10(6-13)11(4-8)15(17)18/h3-4H,2,5-6H2,1H3. The largest absolute Gasteiger partial charge is 0.466 e. The van der Waals surface area contributed by atoms with Crippen molar-refractivity contribution in [2.45, 2.75) is 18.7 Å². The number of alkyl halides is 1. The van der Waals surface area contributed by atoms with E-state index in [2.05, 4.69) is 15.9 Å². The van der Waals surface area contributed by atoms with Crippen LogP contribution in [0.2, 0.25) is 0 Å². The number of benzene rings is 1. The molecule has 0 unspecified atom stereocenters. The minimum absolute atomic E-state index is 0.0913. The number of halogens is 1. The topological polar surface area (TPSA) is 93.2 Å². The number of hydrogen-bond acceptors (Lipinski definition) is 5. The van der Waals surface area contributed by atoms with Crippen LogP contribution in [-0.2, 0) is 21.3 Å². The van der Waals surface area contributed by atoms with Crippen LogP contribution < -0.4 is 0 Å². The molecule has 0 atom stereocenters. The van der Waals surface area contributed by atoms with Gasteiger partial charge in [0.15, 0.2) is 0 Å². The lowest BCUT2D eigenvalue weighted by molar-refractivity contribution is -0.385. The van der Waals surface area contributed by atoms with E-state index in [-0.39, 0.29) is 29.6 Å². The molecule has 0 amide bonds. The predicted octanol–water partition coefficient (Wildman–Crippen LogP) is 2.47. The fourth-order valence-corrected chi connectivity index (χ4v) is 2.19. The van der Waals surface area contributed by atoms with Gasteiger partial charge in [0.05, 0.1) is 35.1 Å². The van der Waals surface area contributed by atoms with Crippen LogP contribution in [0.15, 0.2) is 12.1 Å². The first kappa shape index (κ1) is 15.1. The second-order valence-corrected chi connectivity index (χ2v) is 4.19. The van der Waals surface area contributed by atoms with Crippen LogP contribution in [-0.4, -0.2) is 17.5 Å². The maximum Gasteiger partial charge on any atom is 0.310 e. The average molecular weight is 327 g/mol. The third kappa shape index (κ3) is 3.76. The van der Waals surface area contributed by atoms with E-state index in [1.807, 2.05) is 6.07 Å². The number of ether oxygens (including phenoxy) is 1. The highest BCUT2D eigenvalue weighted by atomic mass is 79.9. The van der Waals surface area contributed by atoms with E-state index in [0.717, 1.165) is 0 Å². The van der Waals surface area contributed by atoms with Crippen LogP contribution in [0, 0.1) is 21.4 Å². The van der Waals surface area contributed by atoms with E-state index < -0.39 is 10.9 Å². The molecule has 7 heteroatoms. The molecule has 0 aliphatic heterocycles. The Morgan fingerprint density at radius 1 is 1.58 bits per heavy atom. The van der Waals surface area contributed by atoms with Gasteiger partial charge in [0.25, 0.3) is 5.69 Å². The quantitative estimate of drug-likeness (QED) is 0.358. The molecule has 0 aliphatic rings. The van der Waals surface area contributed by atoms with E-state index in [4.69, 9.17) is 10.00 Å². The number of carbonyl (C=O) groups is 1. The summed E-state index contributed by atoms with van der Waals surface area (Å²) in [4.78, 5) is 21.8. The van der Waals surface area contributed by atoms with Gasteiger partial charge in [-0.15, -0.1) is 0 Å². The van der Waals surface area contributed by atoms with E-state index in [9.17, 15) is 14.9 Å². The molecule has 100 valence electrons. The van der Waals surface area contributed by atoms with Crippen LogP contribution in [0.3, 0.4) is 0 Å². The molecular weight excluding hydrogens is 316 g/mol. The summed E-state index contributed by atoms with van der Waals surface area (Å²) in [6.45, 7) is 1.92. The second kappa shape index (κ2) is 6.85. The lowest BCUT2D eigenvalue weighted by atomic mass is 10.0. The lowest BCUT2D eigenvalue weighted by Crippen LogP contribution is -2.09. The van der Waals surface area contributed by atoms with Crippen LogP contribution in [0.4, 0.5) is 5.69 Å². The number of rotatable bonds is 5. The van der Waals surface area contributed by atoms with Gasteiger partial charge in [-0.25, -0.2) is 0 Å². The maximum absolute atomic E-state index is 11.4. The highest BCUT2D eigenvalue weighted by Gasteiger charge is 2.19. The SMILES string of the molecule is CCOC(=O)Cc1cc(C#N)c(CBr)c([N+](=O)[O-])c1. The number of nitro groups is 1. The van der Waals surface area contributed by atoms with Gasteiger partial charge in [0.2, 0.25) is 0 Å². The molecule has 0 N–H and O–H groups in total. The van der Waals surface area contributed by atoms with Crippen molar-refractivity contribution in [2.75, 3.05) is 6.61 Å². The van der Waals surface area contributed by atoms with Gasteiger partial charge in [0, 0.05) is 11.4 Å². The second-order valence-electron chi connectivity index (χ2n) is 3.63. The van der Waals surface area contributed by atoms with Crippen molar-refractivity contribution in [2.24, 2.45) is 0 Å². The lowest BCUT2D eigenvalue weighted by Gasteiger charge is -2.06. The molecule has 0 radical (unpaired) electrons. The Morgan fingerprint density at radius 2 is 2.26 bits per heavy atom. The molecule has 0 saturated carbocycles. The summed E-state index contributed by atoms with van der Waals surface area (Å²) in [7, 11) is 0. The van der Waals surface area contributed by atoms with Gasteiger partial charge >= 0.3 is 5.97 Å². The highest BCUT2D eigenvalue weighted by molar-refractivity contribution is 9.08. The zero-order valence-electron chi connectivity index (χ0n) is 10.2. The van der Waals surface area contributed by atoms with Gasteiger partial charge in [0.1, 0.15) is 0 Å². The van der Waals surface area contributed by atoms with Crippen molar-refractivity contribution < 1.29 is 14.5 Å². The van der Waals surface area contributed by atoms with Gasteiger partial charge in [-0.3, -0.25) is 14.9 Å². The van der Waals surface area contributed by atoms with E-state index in [0.29, 0.717) is 11.1 Å². The minimum atomic E-state index is -0.563. The Bertz CT molecular complexity index is 551. The minimum Gasteiger partial charge on any atom is -0.466 e. The van der Waals surface area contributed by atoms with E-state index in [1.165, 1.54) is 12.1 Å². The number of nitro benzene ring substituents is 1. The van der Waals surface area contributed by atoms with E-state index in [1.54, 1.807) is 6.92 Å². The molecule has 0 aromatic heterocycles. The van der Waals surface area contributed by atoms with Gasteiger partial charge in [-0.1, -0.05) is 15.9 Å². The van der Waals surface area contributed by atoms with Crippen molar-refractivity contribution in [3.8, 4) is 6.07 Å². The van der Waals surface area contributed by atoms with Gasteiger partial charge in [-0.05, 0) is 18.6 Å². The van der Waals surface area contributed by atoms with Gasteiger partial charge < -0.3 is 4.74 Å². The summed E-state index contributed by atoms with van der Waals surface area (Å²) in [6.07, 6.45) is -0.0913. The summed E-state index contributed by atoms with van der Waals surface area (Å²) in [5, 5.41) is 20.2. The summed E-state index contributed by atoms with van der Waals surface area (Å²) >= 11 is 3.12. The van der Waals surface area contributed by atoms with Crippen LogP contribution in [0.25, 0.3) is 0 Å². The molecule has 19 heavy (non-hydrogen) atoms. The van der Waals surface area contributed by atoms with Crippen LogP contribution in [0.5, 0.6) is 0 Å². The zero-order valence-corrected chi connectivity index (χ0v) is 11.8. The summed E-state index contributed by atoms with van der Waals surface area (Å²) in [6, 6.07) is 4.67. The first-order chi connectivity index (χ1) is 9.03. The smallest absolute Gasteiger partial charge is 0.310 e. The molecule has 0 spiro atoms. The number of hydrogen-bond donors (Lipinski definition) is 0. The normalized spacial score (nSPS) is 9.74. The zero-order chi connectivity index (χ0) is 14.4. The van der Waals surface area contributed by atoms with Gasteiger partial charge in [-0.2, -0.15) is 5.26 Å². The van der Waals surface area contributed by atoms with E-state index >= 15 is 0 Å². The Balaban J connectivity index is 3.22. The molecule has 0 saturated heterocycles. The molecular formula is C12H11BrN2O4. The summed E-state index contributed by atoms with van der Waals surface area (Å²) < 4.78 is 4.78. The van der Waals surface area contributed by atoms with Crippen molar-refractivity contribution in [1.82, 2.24) is 0 Å². The van der Waals surface area contributed by atoms with Crippen LogP contribution in [0.1, 0.15) is 23.6 Å². The third-order valence-corrected chi connectivity index (χ3v) is 2.95. The molecule has 1 rings (SSSR count). The van der Waals surface area contributed by atoms with Crippen molar-refractivity contribution in [1.29, 1.82) is 5.26 Å². The number of nitrogens with zero attached hydrogens (tertiary/aromatic N) is 2. The Hall–Kier alpha value is -1.94. The molecule has 0 fully saturated rings. The fourth-order valence-electron chi connectivity index (χ4n) is 1.60. The Labute approximate surface area is 118 Å². The van der Waals surface area contributed by atoms with Crippen molar-refractivity contribution >= 4 is 27.6 Å². The molecule has 0 heterocycles. The highest BCUT2D eigenvalue weighted by Crippen LogP contribution is 2.27. The fraction of sp³-hybridized carbons (Fsp3) is 0.333. The first-order valence-corrected chi connectivity index (χ1v) is 6.57. The summed E-state index contributed by atoms with van der Waals surface area (Å²) in [5.41, 5.74) is 0.715. The number of nitriles is 1. The molecule has 0 bridgehead atoms. The van der Waals surface area contributed by atoms with Crippen molar-refractivity contribution in [3.63, 3.8) is 0 Å². The molecule has 1 aromatic rings. The monoisotopic (exact) mass is 326 g/mol. The first-order valence-electron chi connectivity index (χ1n) is 5.45. The molecule has 6 nitrogen and oxygen atoms in total. The van der Waals surface area contributed by atoms with Crippen LogP contribution >= 0.6 is 15.9 Å². The molecule has 0 aliphatic carbocycles. The molecule has 1 aromatic carbocycles. The predicted molar refractivity (Wildman–Crippen MR) is 70.8 cm³/mol. The Morgan fingerprint density at radius 3 is 2.74 bits per heavy atom. The maximum atomic E-state index is 11.4. The average Bonchev–Trinajstić information content (AvgIpc) is 2.37. The van der Waals surface area contributed by atoms with Crippen molar-refractivity contribution in [3.05, 3.63) is 38.9 Å². The number of carbonyl (C=O) groups excluding carboxylic acids is 1. The summed E-state index contributed by atoms with van der Waals surface area (Å²) in [5.74, 6) is -0.479. The Kier molecular flexibility index (Phi) is 5.45. The number of esters is 1. The third-order valence-electron chi connectivity index (χ3n) is 2.39.